The number of ether oxygens (including phenoxy) is 4. The first kappa shape index (κ1) is 17.7. The number of aryl methyl sites for hydroxylation is 1. The van der Waals surface area contributed by atoms with Crippen molar-refractivity contribution >= 4 is 12.2 Å². The van der Waals surface area contributed by atoms with Crippen LogP contribution in [-0.2, 0) is 0 Å². The highest BCUT2D eigenvalue weighted by Gasteiger charge is 2.16. The highest BCUT2D eigenvalue weighted by Crippen LogP contribution is 2.42. The lowest BCUT2D eigenvalue weighted by atomic mass is 10.0. The summed E-state index contributed by atoms with van der Waals surface area (Å²) in [5, 5.41) is 0. The summed E-state index contributed by atoms with van der Waals surface area (Å²) in [7, 11) is 6.53. The van der Waals surface area contributed by atoms with Crippen LogP contribution in [0.4, 0.5) is 0 Å². The molecule has 24 heavy (non-hydrogen) atoms. The number of rotatable bonds is 6. The predicted molar refractivity (Wildman–Crippen MR) is 97.5 cm³/mol. The molecule has 0 aliphatic rings. The smallest absolute Gasteiger partial charge is 0.203 e. The first-order valence-electron chi connectivity index (χ1n) is 7.68. The topological polar surface area (TPSA) is 36.9 Å². The zero-order valence-electron chi connectivity index (χ0n) is 15.1. The van der Waals surface area contributed by atoms with E-state index in [1.54, 1.807) is 28.4 Å². The van der Waals surface area contributed by atoms with Gasteiger partial charge in [0.15, 0.2) is 11.5 Å². The minimum Gasteiger partial charge on any atom is -0.496 e. The summed E-state index contributed by atoms with van der Waals surface area (Å²) in [5.74, 6) is 2.82. The van der Waals surface area contributed by atoms with Gasteiger partial charge >= 0.3 is 0 Å². The lowest BCUT2D eigenvalue weighted by Crippen LogP contribution is -1.98. The van der Waals surface area contributed by atoms with Crippen molar-refractivity contribution < 1.29 is 18.9 Å². The molecule has 0 amide bonds. The number of methoxy groups -OCH3 is 4. The lowest BCUT2D eigenvalue weighted by molar-refractivity contribution is 0.323. The Morgan fingerprint density at radius 3 is 1.92 bits per heavy atom. The fourth-order valence-corrected chi connectivity index (χ4v) is 2.68. The maximum absolute atomic E-state index is 5.50. The molecule has 0 atom stereocenters. The van der Waals surface area contributed by atoms with Crippen LogP contribution in [0.15, 0.2) is 24.3 Å². The molecule has 0 bridgehead atoms. The van der Waals surface area contributed by atoms with E-state index in [0.717, 1.165) is 28.0 Å². The molecule has 2 aromatic rings. The second-order valence-electron chi connectivity index (χ2n) is 5.42. The Labute approximate surface area is 143 Å². The van der Waals surface area contributed by atoms with Crippen LogP contribution < -0.4 is 18.9 Å². The molecule has 0 saturated carbocycles. The fourth-order valence-electron chi connectivity index (χ4n) is 2.68. The molecule has 0 radical (unpaired) electrons. The quantitative estimate of drug-likeness (QED) is 0.731. The Kier molecular flexibility index (Phi) is 5.74. The summed E-state index contributed by atoms with van der Waals surface area (Å²) < 4.78 is 21.6. The van der Waals surface area contributed by atoms with E-state index in [2.05, 4.69) is 12.1 Å². The minimum absolute atomic E-state index is 0.606. The van der Waals surface area contributed by atoms with E-state index in [4.69, 9.17) is 18.9 Å². The van der Waals surface area contributed by atoms with Gasteiger partial charge in [-0.05, 0) is 48.7 Å². The van der Waals surface area contributed by atoms with E-state index in [1.165, 1.54) is 0 Å². The minimum atomic E-state index is 0.606. The number of hydrogen-bond donors (Lipinski definition) is 0. The Hall–Kier alpha value is -2.62. The number of hydrogen-bond acceptors (Lipinski definition) is 4. The molecule has 0 heterocycles. The normalized spacial score (nSPS) is 10.8. The molecule has 0 fully saturated rings. The van der Waals surface area contributed by atoms with Crippen molar-refractivity contribution in [2.75, 3.05) is 28.4 Å². The molecule has 2 rings (SSSR count). The largest absolute Gasteiger partial charge is 0.496 e. The van der Waals surface area contributed by atoms with Gasteiger partial charge in [-0.25, -0.2) is 0 Å². The van der Waals surface area contributed by atoms with Crippen LogP contribution in [0.2, 0.25) is 0 Å². The summed E-state index contributed by atoms with van der Waals surface area (Å²) in [6, 6.07) is 8.03. The summed E-state index contributed by atoms with van der Waals surface area (Å²) >= 11 is 0. The standard InChI is InChI=1S/C20H24O4/c1-13-11-15(8-10-17(13)21-3)7-9-16-12-18(22-4)20(24-6)19(23-5)14(16)2/h7-12H,1-6H3/b9-7-. The first-order chi connectivity index (χ1) is 11.5. The van der Waals surface area contributed by atoms with E-state index >= 15 is 0 Å². The van der Waals surface area contributed by atoms with Gasteiger partial charge in [-0.1, -0.05) is 18.2 Å². The Balaban J connectivity index is 2.43. The molecule has 0 aliphatic carbocycles. The van der Waals surface area contributed by atoms with Crippen molar-refractivity contribution in [1.29, 1.82) is 0 Å². The van der Waals surface area contributed by atoms with E-state index in [0.29, 0.717) is 17.2 Å². The average molecular weight is 328 g/mol. The molecule has 4 heteroatoms. The van der Waals surface area contributed by atoms with Crippen molar-refractivity contribution in [1.82, 2.24) is 0 Å². The zero-order chi connectivity index (χ0) is 17.7. The van der Waals surface area contributed by atoms with Gasteiger partial charge in [0, 0.05) is 5.56 Å². The molecule has 0 aliphatic heterocycles. The van der Waals surface area contributed by atoms with Gasteiger partial charge in [0.25, 0.3) is 0 Å². The molecular formula is C20H24O4. The maximum Gasteiger partial charge on any atom is 0.203 e. The summed E-state index contributed by atoms with van der Waals surface area (Å²) in [5.41, 5.74) is 4.21. The van der Waals surface area contributed by atoms with Crippen molar-refractivity contribution in [3.8, 4) is 23.0 Å². The molecule has 128 valence electrons. The molecule has 4 nitrogen and oxygen atoms in total. The summed E-state index contributed by atoms with van der Waals surface area (Å²) in [6.07, 6.45) is 4.10. The molecular weight excluding hydrogens is 304 g/mol. The van der Waals surface area contributed by atoms with Crippen molar-refractivity contribution in [3.63, 3.8) is 0 Å². The van der Waals surface area contributed by atoms with Crippen molar-refractivity contribution in [2.45, 2.75) is 13.8 Å². The Bertz CT molecular complexity index is 748. The fraction of sp³-hybridized carbons (Fsp3) is 0.300. The van der Waals surface area contributed by atoms with Crippen LogP contribution in [0.3, 0.4) is 0 Å². The van der Waals surface area contributed by atoms with E-state index < -0.39 is 0 Å². The first-order valence-corrected chi connectivity index (χ1v) is 7.68. The second-order valence-corrected chi connectivity index (χ2v) is 5.42. The van der Waals surface area contributed by atoms with Crippen molar-refractivity contribution in [2.24, 2.45) is 0 Å². The van der Waals surface area contributed by atoms with Crippen LogP contribution in [-0.4, -0.2) is 28.4 Å². The zero-order valence-corrected chi connectivity index (χ0v) is 15.1. The van der Waals surface area contributed by atoms with Gasteiger partial charge in [0.2, 0.25) is 5.75 Å². The summed E-state index contributed by atoms with van der Waals surface area (Å²) in [4.78, 5) is 0. The highest BCUT2D eigenvalue weighted by atomic mass is 16.5. The van der Waals surface area contributed by atoms with Gasteiger partial charge < -0.3 is 18.9 Å². The molecule has 0 unspecified atom stereocenters. The highest BCUT2D eigenvalue weighted by molar-refractivity contribution is 5.75. The summed E-state index contributed by atoms with van der Waals surface area (Å²) in [6.45, 7) is 4.03. The van der Waals surface area contributed by atoms with Crippen LogP contribution >= 0.6 is 0 Å². The molecule has 0 saturated heterocycles. The lowest BCUT2D eigenvalue weighted by Gasteiger charge is -2.16. The molecule has 0 N–H and O–H groups in total. The van der Waals surface area contributed by atoms with Gasteiger partial charge in [-0.3, -0.25) is 0 Å². The molecule has 2 aromatic carbocycles. The van der Waals surface area contributed by atoms with Gasteiger partial charge in [0.1, 0.15) is 5.75 Å². The van der Waals surface area contributed by atoms with Crippen LogP contribution in [0.5, 0.6) is 23.0 Å². The molecule has 0 aromatic heterocycles. The monoisotopic (exact) mass is 328 g/mol. The second kappa shape index (κ2) is 7.77. The maximum atomic E-state index is 5.50. The van der Waals surface area contributed by atoms with Crippen molar-refractivity contribution in [3.05, 3.63) is 46.5 Å². The van der Waals surface area contributed by atoms with Gasteiger partial charge in [0.05, 0.1) is 28.4 Å². The van der Waals surface area contributed by atoms with E-state index in [-0.39, 0.29) is 0 Å². The Morgan fingerprint density at radius 1 is 0.708 bits per heavy atom. The van der Waals surface area contributed by atoms with Crippen LogP contribution in [0, 0.1) is 13.8 Å². The SMILES string of the molecule is COc1ccc(/C=C\c2cc(OC)c(OC)c(OC)c2C)cc1C. The van der Waals surface area contributed by atoms with Gasteiger partial charge in [-0.15, -0.1) is 0 Å². The van der Waals surface area contributed by atoms with E-state index in [9.17, 15) is 0 Å². The van der Waals surface area contributed by atoms with Gasteiger partial charge in [-0.2, -0.15) is 0 Å². The van der Waals surface area contributed by atoms with E-state index in [1.807, 2.05) is 38.1 Å². The number of benzene rings is 2. The average Bonchev–Trinajstić information content (AvgIpc) is 2.60. The third-order valence-corrected chi connectivity index (χ3v) is 3.99. The molecule has 0 spiro atoms. The van der Waals surface area contributed by atoms with Crippen LogP contribution in [0.1, 0.15) is 22.3 Å². The third kappa shape index (κ3) is 3.48. The third-order valence-electron chi connectivity index (χ3n) is 3.99. The van der Waals surface area contributed by atoms with Crippen LogP contribution in [0.25, 0.3) is 12.2 Å². The predicted octanol–water partition coefficient (Wildman–Crippen LogP) is 4.51. The Morgan fingerprint density at radius 2 is 1.38 bits per heavy atom.